The van der Waals surface area contributed by atoms with E-state index in [2.05, 4.69) is 10.0 Å². The third-order valence-corrected chi connectivity index (χ3v) is 4.60. The Morgan fingerprint density at radius 3 is 2.35 bits per heavy atom. The van der Waals surface area contributed by atoms with E-state index >= 15 is 0 Å². The van der Waals surface area contributed by atoms with Crippen LogP contribution in [0.15, 0.2) is 23.1 Å². The molecule has 0 aliphatic heterocycles. The molecule has 0 spiro atoms. The average Bonchev–Trinajstić information content (AvgIpc) is 2.30. The molecule has 0 radical (unpaired) electrons. The van der Waals surface area contributed by atoms with Gasteiger partial charge < -0.3 is 5.32 Å². The highest BCUT2D eigenvalue weighted by molar-refractivity contribution is 7.89. The van der Waals surface area contributed by atoms with Crippen molar-refractivity contribution in [1.82, 2.24) is 10.0 Å². The van der Waals surface area contributed by atoms with Crippen molar-refractivity contribution in [2.45, 2.75) is 37.8 Å². The van der Waals surface area contributed by atoms with E-state index < -0.39 is 22.0 Å². The number of carbonyl (C=O) groups is 1. The molecule has 1 aromatic carbocycles. The van der Waals surface area contributed by atoms with Gasteiger partial charge in [-0.25, -0.2) is 8.42 Å². The van der Waals surface area contributed by atoms with Gasteiger partial charge in [-0.3, -0.25) is 4.79 Å². The van der Waals surface area contributed by atoms with Crippen LogP contribution >= 0.6 is 23.2 Å². The normalized spacial score (nSPS) is 13.3. The molecule has 112 valence electrons. The van der Waals surface area contributed by atoms with Crippen LogP contribution < -0.4 is 10.0 Å². The van der Waals surface area contributed by atoms with Crippen molar-refractivity contribution in [2.24, 2.45) is 0 Å². The Kier molecular flexibility index (Phi) is 5.82. The largest absolute Gasteiger partial charge is 0.353 e. The summed E-state index contributed by atoms with van der Waals surface area (Å²) in [6, 6.07) is 3.11. The number of sulfonamides is 1. The molecular formula is C12H16Cl2N2O3S. The zero-order chi connectivity index (χ0) is 15.5. The van der Waals surface area contributed by atoms with Gasteiger partial charge in [-0.15, -0.1) is 0 Å². The van der Waals surface area contributed by atoms with Crippen LogP contribution in [0.1, 0.15) is 20.8 Å². The van der Waals surface area contributed by atoms with Crippen LogP contribution in [0.2, 0.25) is 10.0 Å². The molecular weight excluding hydrogens is 323 g/mol. The number of benzene rings is 1. The predicted octanol–water partition coefficient (Wildman–Crippen LogP) is 2.18. The third kappa shape index (κ3) is 4.63. The first-order valence-corrected chi connectivity index (χ1v) is 8.15. The minimum absolute atomic E-state index is 0.0402. The number of hydrogen-bond acceptors (Lipinski definition) is 3. The first kappa shape index (κ1) is 17.2. The quantitative estimate of drug-likeness (QED) is 0.863. The summed E-state index contributed by atoms with van der Waals surface area (Å²) in [6.07, 6.45) is 0. The summed E-state index contributed by atoms with van der Waals surface area (Å²) in [4.78, 5) is 11.6. The second-order valence-corrected chi connectivity index (χ2v) is 7.11. The molecule has 0 fully saturated rings. The molecule has 0 unspecified atom stereocenters. The molecule has 1 rings (SSSR count). The van der Waals surface area contributed by atoms with Crippen LogP contribution in [0.4, 0.5) is 0 Å². The molecule has 2 N–H and O–H groups in total. The molecule has 1 aromatic rings. The van der Waals surface area contributed by atoms with Crippen molar-refractivity contribution in [1.29, 1.82) is 0 Å². The summed E-state index contributed by atoms with van der Waals surface area (Å²) in [5.74, 6) is -0.415. The number of nitrogens with one attached hydrogen (secondary N) is 2. The molecule has 0 saturated heterocycles. The van der Waals surface area contributed by atoms with Gasteiger partial charge in [0.15, 0.2) is 0 Å². The Balaban J connectivity index is 2.95. The molecule has 0 saturated carbocycles. The van der Waals surface area contributed by atoms with Gasteiger partial charge in [0, 0.05) is 11.1 Å². The molecule has 0 aliphatic carbocycles. The molecule has 8 heteroatoms. The van der Waals surface area contributed by atoms with E-state index in [1.165, 1.54) is 25.1 Å². The van der Waals surface area contributed by atoms with Crippen LogP contribution in [0.3, 0.4) is 0 Å². The number of rotatable bonds is 5. The average molecular weight is 339 g/mol. The first-order chi connectivity index (χ1) is 9.13. The zero-order valence-electron chi connectivity index (χ0n) is 11.3. The maximum atomic E-state index is 12.2. The van der Waals surface area contributed by atoms with Gasteiger partial charge >= 0.3 is 0 Å². The molecule has 1 amide bonds. The molecule has 1 atom stereocenters. The minimum atomic E-state index is -3.92. The lowest BCUT2D eigenvalue weighted by atomic mass is 10.3. The fourth-order valence-electron chi connectivity index (χ4n) is 1.44. The lowest BCUT2D eigenvalue weighted by Gasteiger charge is -2.16. The van der Waals surface area contributed by atoms with Crippen LogP contribution in [-0.4, -0.2) is 26.4 Å². The molecule has 20 heavy (non-hydrogen) atoms. The van der Waals surface area contributed by atoms with Crippen LogP contribution in [-0.2, 0) is 14.8 Å². The Bertz CT molecular complexity index is 603. The van der Waals surface area contributed by atoms with E-state index in [1.54, 1.807) is 13.8 Å². The third-order valence-electron chi connectivity index (χ3n) is 2.34. The van der Waals surface area contributed by atoms with Crippen LogP contribution in [0, 0.1) is 0 Å². The van der Waals surface area contributed by atoms with Crippen molar-refractivity contribution >= 4 is 39.1 Å². The number of halogens is 2. The minimum Gasteiger partial charge on any atom is -0.353 e. The summed E-state index contributed by atoms with van der Waals surface area (Å²) < 4.78 is 26.6. The van der Waals surface area contributed by atoms with Gasteiger partial charge in [0.25, 0.3) is 0 Å². The lowest BCUT2D eigenvalue weighted by Crippen LogP contribution is -2.46. The van der Waals surface area contributed by atoms with E-state index in [1.807, 2.05) is 0 Å². The molecule has 5 nitrogen and oxygen atoms in total. The van der Waals surface area contributed by atoms with Crippen molar-refractivity contribution in [3.8, 4) is 0 Å². The summed E-state index contributed by atoms with van der Waals surface area (Å²) >= 11 is 11.6. The SMILES string of the molecule is CC(C)NC(=O)[C@@H](C)NS(=O)(=O)c1cc(Cl)ccc1Cl. The van der Waals surface area contributed by atoms with Crippen molar-refractivity contribution in [3.05, 3.63) is 28.2 Å². The van der Waals surface area contributed by atoms with Crippen molar-refractivity contribution in [2.75, 3.05) is 0 Å². The highest BCUT2D eigenvalue weighted by Gasteiger charge is 2.24. The lowest BCUT2D eigenvalue weighted by molar-refractivity contribution is -0.122. The van der Waals surface area contributed by atoms with Gasteiger partial charge in [0.2, 0.25) is 15.9 Å². The van der Waals surface area contributed by atoms with Crippen molar-refractivity contribution in [3.63, 3.8) is 0 Å². The van der Waals surface area contributed by atoms with Crippen LogP contribution in [0.5, 0.6) is 0 Å². The molecule has 0 aromatic heterocycles. The topological polar surface area (TPSA) is 75.3 Å². The monoisotopic (exact) mass is 338 g/mol. The van der Waals surface area contributed by atoms with Gasteiger partial charge in [0.1, 0.15) is 4.90 Å². The van der Waals surface area contributed by atoms with E-state index in [0.29, 0.717) is 0 Å². The predicted molar refractivity (Wildman–Crippen MR) is 79.5 cm³/mol. The van der Waals surface area contributed by atoms with E-state index in [0.717, 1.165) is 0 Å². The zero-order valence-corrected chi connectivity index (χ0v) is 13.6. The maximum Gasteiger partial charge on any atom is 0.242 e. The highest BCUT2D eigenvalue weighted by atomic mass is 35.5. The van der Waals surface area contributed by atoms with E-state index in [4.69, 9.17) is 23.2 Å². The smallest absolute Gasteiger partial charge is 0.242 e. The van der Waals surface area contributed by atoms with Crippen molar-refractivity contribution < 1.29 is 13.2 Å². The van der Waals surface area contributed by atoms with Gasteiger partial charge in [-0.05, 0) is 39.0 Å². The van der Waals surface area contributed by atoms with Gasteiger partial charge in [-0.1, -0.05) is 23.2 Å². The fraction of sp³-hybridized carbons (Fsp3) is 0.417. The van der Waals surface area contributed by atoms with E-state index in [-0.39, 0.29) is 21.0 Å². The number of hydrogen-bond donors (Lipinski definition) is 2. The summed E-state index contributed by atoms with van der Waals surface area (Å²) in [5, 5.41) is 2.90. The Hall–Kier alpha value is -0.820. The fourth-order valence-corrected chi connectivity index (χ4v) is 3.41. The van der Waals surface area contributed by atoms with Gasteiger partial charge in [0.05, 0.1) is 11.1 Å². The second kappa shape index (κ2) is 6.76. The molecule has 0 aliphatic rings. The summed E-state index contributed by atoms with van der Waals surface area (Å²) in [5.41, 5.74) is 0. The summed E-state index contributed by atoms with van der Waals surface area (Å²) in [6.45, 7) is 5.02. The Morgan fingerprint density at radius 1 is 1.20 bits per heavy atom. The Morgan fingerprint density at radius 2 is 1.80 bits per heavy atom. The number of carbonyl (C=O) groups excluding carboxylic acids is 1. The molecule has 0 heterocycles. The second-order valence-electron chi connectivity index (χ2n) is 4.58. The highest BCUT2D eigenvalue weighted by Crippen LogP contribution is 2.24. The van der Waals surface area contributed by atoms with E-state index in [9.17, 15) is 13.2 Å². The number of amides is 1. The van der Waals surface area contributed by atoms with Crippen LogP contribution in [0.25, 0.3) is 0 Å². The van der Waals surface area contributed by atoms with Gasteiger partial charge in [-0.2, -0.15) is 4.72 Å². The Labute approximate surface area is 128 Å². The molecule has 0 bridgehead atoms. The standard InChI is InChI=1S/C12H16Cl2N2O3S/c1-7(2)15-12(17)8(3)16-20(18,19)11-6-9(13)4-5-10(11)14/h4-8,16H,1-3H3,(H,15,17)/t8-/m1/s1. The first-order valence-electron chi connectivity index (χ1n) is 5.91. The summed E-state index contributed by atoms with van der Waals surface area (Å²) in [7, 11) is -3.92. The maximum absolute atomic E-state index is 12.2.